The number of sulfonamides is 1. The van der Waals surface area contributed by atoms with E-state index in [0.717, 1.165) is 18.4 Å². The van der Waals surface area contributed by atoms with Gasteiger partial charge in [-0.05, 0) is 46.2 Å². The lowest BCUT2D eigenvalue weighted by Gasteiger charge is -2.34. The Kier molecular flexibility index (Phi) is 5.16. The van der Waals surface area contributed by atoms with Crippen LogP contribution >= 0.6 is 0 Å². The Balaban J connectivity index is 3.16. The normalized spacial score (nSPS) is 12.9. The number of nitrogens with zero attached hydrogens (tertiary/aromatic N) is 1. The van der Waals surface area contributed by atoms with Crippen LogP contribution in [0.1, 0.15) is 46.1 Å². The second-order valence-corrected chi connectivity index (χ2v) is 7.78. The molecule has 3 nitrogen and oxygen atoms in total. The third kappa shape index (κ3) is 4.05. The van der Waals surface area contributed by atoms with Gasteiger partial charge < -0.3 is 0 Å². The largest absolute Gasteiger partial charge is 0.243 e. The lowest BCUT2D eigenvalue weighted by atomic mass is 10.1. The van der Waals surface area contributed by atoms with Gasteiger partial charge in [-0.2, -0.15) is 4.31 Å². The summed E-state index contributed by atoms with van der Waals surface area (Å²) in [5.74, 6) is 0. The lowest BCUT2D eigenvalue weighted by Crippen LogP contribution is -2.45. The monoisotopic (exact) mass is 283 g/mol. The van der Waals surface area contributed by atoms with Gasteiger partial charge in [0.05, 0.1) is 4.90 Å². The maximum absolute atomic E-state index is 12.7. The van der Waals surface area contributed by atoms with Gasteiger partial charge in [0.15, 0.2) is 0 Å². The first-order chi connectivity index (χ1) is 8.69. The number of benzene rings is 1. The molecular formula is C15H25NO2S. The summed E-state index contributed by atoms with van der Waals surface area (Å²) in [7, 11) is -3.41. The Morgan fingerprint density at radius 3 is 2.05 bits per heavy atom. The number of aryl methyl sites for hydroxylation is 1. The van der Waals surface area contributed by atoms with Gasteiger partial charge in [-0.15, -0.1) is 0 Å². The molecule has 1 aromatic rings. The molecule has 0 aliphatic heterocycles. The first-order valence-electron chi connectivity index (χ1n) is 6.79. The highest BCUT2D eigenvalue weighted by molar-refractivity contribution is 7.89. The van der Waals surface area contributed by atoms with Gasteiger partial charge in [0, 0.05) is 12.1 Å². The molecule has 0 N–H and O–H groups in total. The first kappa shape index (κ1) is 16.2. The summed E-state index contributed by atoms with van der Waals surface area (Å²) >= 11 is 0. The van der Waals surface area contributed by atoms with Crippen LogP contribution in [0.5, 0.6) is 0 Å². The molecule has 0 atom stereocenters. The average molecular weight is 283 g/mol. The summed E-state index contributed by atoms with van der Waals surface area (Å²) in [4.78, 5) is 0.379. The number of unbranched alkanes of at least 4 members (excludes halogenated alkanes) is 1. The second kappa shape index (κ2) is 6.06. The molecule has 4 heteroatoms. The molecule has 0 spiro atoms. The molecule has 0 aliphatic carbocycles. The van der Waals surface area contributed by atoms with Crippen molar-refractivity contribution in [2.45, 2.75) is 57.9 Å². The number of hydrogen-bond donors (Lipinski definition) is 0. The highest BCUT2D eigenvalue weighted by atomic mass is 32.2. The van der Waals surface area contributed by atoms with Crippen LogP contribution < -0.4 is 0 Å². The van der Waals surface area contributed by atoms with E-state index in [-0.39, 0.29) is 0 Å². The zero-order chi connectivity index (χ0) is 14.7. The SMILES string of the molecule is CCCCN(C(C)(C)C)S(=O)(=O)c1ccc(C)cc1. The van der Waals surface area contributed by atoms with E-state index in [0.29, 0.717) is 11.4 Å². The Morgan fingerprint density at radius 1 is 1.11 bits per heavy atom. The molecule has 0 unspecified atom stereocenters. The van der Waals surface area contributed by atoms with Crippen molar-refractivity contribution in [2.24, 2.45) is 0 Å². The average Bonchev–Trinajstić information content (AvgIpc) is 2.28. The Hall–Kier alpha value is -0.870. The van der Waals surface area contributed by atoms with E-state index in [1.165, 1.54) is 0 Å². The van der Waals surface area contributed by atoms with Gasteiger partial charge in [-0.3, -0.25) is 0 Å². The second-order valence-electron chi connectivity index (χ2n) is 5.91. The molecule has 0 bridgehead atoms. The third-order valence-electron chi connectivity index (χ3n) is 3.07. The highest BCUT2D eigenvalue weighted by Crippen LogP contribution is 2.25. The van der Waals surface area contributed by atoms with E-state index in [1.54, 1.807) is 16.4 Å². The van der Waals surface area contributed by atoms with Gasteiger partial charge in [-0.1, -0.05) is 31.0 Å². The topological polar surface area (TPSA) is 37.4 Å². The molecule has 0 aromatic heterocycles. The minimum Gasteiger partial charge on any atom is -0.207 e. The van der Waals surface area contributed by atoms with Crippen molar-refractivity contribution in [3.05, 3.63) is 29.8 Å². The van der Waals surface area contributed by atoms with Crippen LogP contribution in [0.3, 0.4) is 0 Å². The molecule has 1 aromatic carbocycles. The van der Waals surface area contributed by atoms with Crippen LogP contribution in [0, 0.1) is 6.92 Å². The molecule has 0 aliphatic rings. The molecule has 19 heavy (non-hydrogen) atoms. The molecule has 0 saturated heterocycles. The van der Waals surface area contributed by atoms with Crippen LogP contribution in [-0.2, 0) is 10.0 Å². The zero-order valence-electron chi connectivity index (χ0n) is 12.6. The summed E-state index contributed by atoms with van der Waals surface area (Å²) in [6, 6.07) is 7.06. The fourth-order valence-corrected chi connectivity index (χ4v) is 3.78. The minimum atomic E-state index is -3.41. The lowest BCUT2D eigenvalue weighted by molar-refractivity contribution is 0.246. The highest BCUT2D eigenvalue weighted by Gasteiger charge is 2.33. The van der Waals surface area contributed by atoms with Crippen molar-refractivity contribution in [3.8, 4) is 0 Å². The van der Waals surface area contributed by atoms with E-state index < -0.39 is 15.6 Å². The molecule has 0 amide bonds. The summed E-state index contributed by atoms with van der Waals surface area (Å²) in [5, 5.41) is 0. The van der Waals surface area contributed by atoms with Crippen molar-refractivity contribution >= 4 is 10.0 Å². The third-order valence-corrected chi connectivity index (χ3v) is 5.25. The van der Waals surface area contributed by atoms with Crippen LogP contribution in [-0.4, -0.2) is 24.8 Å². The first-order valence-corrected chi connectivity index (χ1v) is 8.23. The van der Waals surface area contributed by atoms with Crippen LogP contribution in [0.4, 0.5) is 0 Å². The predicted octanol–water partition coefficient (Wildman–Crippen LogP) is 3.58. The van der Waals surface area contributed by atoms with Crippen molar-refractivity contribution in [1.29, 1.82) is 0 Å². The summed E-state index contributed by atoms with van der Waals surface area (Å²) in [6.07, 6.45) is 1.86. The van der Waals surface area contributed by atoms with E-state index in [2.05, 4.69) is 6.92 Å². The molecule has 0 heterocycles. The Labute approximate surface area is 117 Å². The van der Waals surface area contributed by atoms with Gasteiger partial charge in [-0.25, -0.2) is 8.42 Å². The quantitative estimate of drug-likeness (QED) is 0.828. The predicted molar refractivity (Wildman–Crippen MR) is 79.7 cm³/mol. The van der Waals surface area contributed by atoms with Gasteiger partial charge in [0.25, 0.3) is 0 Å². The van der Waals surface area contributed by atoms with Crippen molar-refractivity contribution in [3.63, 3.8) is 0 Å². The molecule has 0 radical (unpaired) electrons. The van der Waals surface area contributed by atoms with Gasteiger partial charge in [0.2, 0.25) is 10.0 Å². The van der Waals surface area contributed by atoms with Gasteiger partial charge >= 0.3 is 0 Å². The van der Waals surface area contributed by atoms with E-state index >= 15 is 0 Å². The fourth-order valence-electron chi connectivity index (χ4n) is 1.96. The standard InChI is InChI=1S/C15H25NO2S/c1-6-7-12-16(15(3,4)5)19(17,18)14-10-8-13(2)9-11-14/h8-11H,6-7,12H2,1-5H3. The maximum atomic E-state index is 12.7. The smallest absolute Gasteiger partial charge is 0.207 e. The number of rotatable bonds is 5. The van der Waals surface area contributed by atoms with E-state index in [9.17, 15) is 8.42 Å². The Morgan fingerprint density at radius 2 is 1.63 bits per heavy atom. The van der Waals surface area contributed by atoms with E-state index in [1.807, 2.05) is 39.8 Å². The van der Waals surface area contributed by atoms with Gasteiger partial charge in [0.1, 0.15) is 0 Å². The Bertz CT molecular complexity index is 498. The number of hydrogen-bond acceptors (Lipinski definition) is 2. The fraction of sp³-hybridized carbons (Fsp3) is 0.600. The molecule has 1 rings (SSSR count). The summed E-state index contributed by atoms with van der Waals surface area (Å²) in [5.41, 5.74) is 0.661. The van der Waals surface area contributed by atoms with Crippen LogP contribution in [0.25, 0.3) is 0 Å². The molecular weight excluding hydrogens is 258 g/mol. The maximum Gasteiger partial charge on any atom is 0.243 e. The molecule has 108 valence electrons. The molecule has 0 saturated carbocycles. The van der Waals surface area contributed by atoms with Crippen molar-refractivity contribution < 1.29 is 8.42 Å². The minimum absolute atomic E-state index is 0.379. The summed E-state index contributed by atoms with van der Waals surface area (Å²) < 4.78 is 27.0. The summed E-state index contributed by atoms with van der Waals surface area (Å²) in [6.45, 7) is 10.4. The van der Waals surface area contributed by atoms with Crippen LogP contribution in [0.15, 0.2) is 29.2 Å². The van der Waals surface area contributed by atoms with Crippen molar-refractivity contribution in [2.75, 3.05) is 6.54 Å². The zero-order valence-corrected chi connectivity index (χ0v) is 13.4. The molecule has 0 fully saturated rings. The van der Waals surface area contributed by atoms with E-state index in [4.69, 9.17) is 0 Å². The van der Waals surface area contributed by atoms with Crippen molar-refractivity contribution in [1.82, 2.24) is 4.31 Å². The van der Waals surface area contributed by atoms with Crippen LogP contribution in [0.2, 0.25) is 0 Å².